The van der Waals surface area contributed by atoms with Gasteiger partial charge in [-0.3, -0.25) is 4.79 Å². The Morgan fingerprint density at radius 2 is 2.25 bits per heavy atom. The molecule has 0 unspecified atom stereocenters. The number of hydrogen-bond acceptors (Lipinski definition) is 3. The van der Waals surface area contributed by atoms with Gasteiger partial charge in [0.25, 0.3) is 5.91 Å². The van der Waals surface area contributed by atoms with Gasteiger partial charge in [0.1, 0.15) is 5.82 Å². The van der Waals surface area contributed by atoms with Gasteiger partial charge in [0.2, 0.25) is 0 Å². The van der Waals surface area contributed by atoms with Crippen molar-refractivity contribution >= 4 is 17.2 Å². The van der Waals surface area contributed by atoms with Gasteiger partial charge in [0.15, 0.2) is 0 Å². The first kappa shape index (κ1) is 13.4. The molecule has 106 valence electrons. The number of H-pyrrole nitrogens is 1. The highest BCUT2D eigenvalue weighted by Crippen LogP contribution is 2.29. The van der Waals surface area contributed by atoms with E-state index in [1.165, 1.54) is 29.7 Å². The second-order valence-electron chi connectivity index (χ2n) is 5.32. The molecule has 1 amide bonds. The van der Waals surface area contributed by atoms with E-state index < -0.39 is 0 Å². The molecule has 0 atom stereocenters. The minimum atomic E-state index is 0.0967. The Balaban J connectivity index is 1.73. The Morgan fingerprint density at radius 3 is 3.05 bits per heavy atom. The lowest BCUT2D eigenvalue weighted by molar-refractivity contribution is 0.0786. The number of fused-ring (bicyclic) bond motifs is 1. The van der Waals surface area contributed by atoms with E-state index in [-0.39, 0.29) is 5.91 Å². The van der Waals surface area contributed by atoms with Gasteiger partial charge in [-0.15, -0.1) is 11.3 Å². The summed E-state index contributed by atoms with van der Waals surface area (Å²) in [6.07, 6.45) is 9.56. The molecule has 0 spiro atoms. The van der Waals surface area contributed by atoms with Crippen LogP contribution in [-0.2, 0) is 19.4 Å². The normalized spacial score (nSPS) is 14.7. The predicted molar refractivity (Wildman–Crippen MR) is 80.0 cm³/mol. The van der Waals surface area contributed by atoms with Gasteiger partial charge >= 0.3 is 0 Å². The lowest BCUT2D eigenvalue weighted by Gasteiger charge is -2.14. The first-order chi connectivity index (χ1) is 9.74. The van der Waals surface area contributed by atoms with E-state index in [1.54, 1.807) is 28.6 Å². The highest BCUT2D eigenvalue weighted by molar-refractivity contribution is 7.14. The third-order valence-corrected chi connectivity index (χ3v) is 4.97. The molecule has 0 aromatic carbocycles. The Kier molecular flexibility index (Phi) is 3.87. The molecule has 0 radical (unpaired) electrons. The summed E-state index contributed by atoms with van der Waals surface area (Å²) in [4.78, 5) is 23.7. The van der Waals surface area contributed by atoms with Crippen LogP contribution in [0, 0.1) is 0 Å². The number of amides is 1. The highest BCUT2D eigenvalue weighted by Gasteiger charge is 2.19. The van der Waals surface area contributed by atoms with E-state index in [2.05, 4.69) is 16.0 Å². The minimum Gasteiger partial charge on any atom is -0.347 e. The fourth-order valence-corrected chi connectivity index (χ4v) is 3.89. The van der Waals surface area contributed by atoms with Gasteiger partial charge in [-0.05, 0) is 37.3 Å². The van der Waals surface area contributed by atoms with Crippen molar-refractivity contribution in [2.45, 2.75) is 38.6 Å². The third kappa shape index (κ3) is 2.77. The summed E-state index contributed by atoms with van der Waals surface area (Å²) in [5.41, 5.74) is 1.39. The molecule has 20 heavy (non-hydrogen) atoms. The van der Waals surface area contributed by atoms with Gasteiger partial charge in [0.05, 0.1) is 11.4 Å². The topological polar surface area (TPSA) is 49.0 Å². The zero-order chi connectivity index (χ0) is 13.9. The number of carbonyl (C=O) groups is 1. The standard InChI is InChI=1S/C15H19N3OS/c1-18(10-14-16-7-8-17-14)15(19)13-9-11-5-3-2-4-6-12(11)20-13/h7-9H,2-6,10H2,1H3,(H,16,17). The number of thiophene rings is 1. The zero-order valence-electron chi connectivity index (χ0n) is 11.7. The average Bonchev–Trinajstić information content (AvgIpc) is 3.04. The SMILES string of the molecule is CN(Cc1ncc[nH]1)C(=O)c1cc2c(s1)CCCCC2. The Bertz CT molecular complexity index is 565. The van der Waals surface area contributed by atoms with Gasteiger partial charge in [-0.25, -0.2) is 4.98 Å². The first-order valence-corrected chi connectivity index (χ1v) is 7.91. The highest BCUT2D eigenvalue weighted by atomic mass is 32.1. The van der Waals surface area contributed by atoms with E-state index in [4.69, 9.17) is 0 Å². The summed E-state index contributed by atoms with van der Waals surface area (Å²) < 4.78 is 0. The fourth-order valence-electron chi connectivity index (χ4n) is 2.64. The molecule has 0 saturated heterocycles. The van der Waals surface area contributed by atoms with Crippen molar-refractivity contribution in [3.63, 3.8) is 0 Å². The van der Waals surface area contributed by atoms with Crippen LogP contribution in [0.25, 0.3) is 0 Å². The lowest BCUT2D eigenvalue weighted by Crippen LogP contribution is -2.25. The Labute approximate surface area is 122 Å². The lowest BCUT2D eigenvalue weighted by atomic mass is 10.1. The van der Waals surface area contributed by atoms with E-state index in [0.29, 0.717) is 6.54 Å². The number of carbonyl (C=O) groups excluding carboxylic acids is 1. The van der Waals surface area contributed by atoms with Crippen LogP contribution < -0.4 is 0 Å². The van der Waals surface area contributed by atoms with Crippen LogP contribution in [0.2, 0.25) is 0 Å². The van der Waals surface area contributed by atoms with Crippen molar-refractivity contribution in [1.82, 2.24) is 14.9 Å². The van der Waals surface area contributed by atoms with E-state index in [9.17, 15) is 4.79 Å². The van der Waals surface area contributed by atoms with Crippen molar-refractivity contribution in [3.8, 4) is 0 Å². The maximum Gasteiger partial charge on any atom is 0.264 e. The van der Waals surface area contributed by atoms with Crippen LogP contribution in [0.5, 0.6) is 0 Å². The first-order valence-electron chi connectivity index (χ1n) is 7.09. The van der Waals surface area contributed by atoms with Gasteiger partial charge in [0, 0.05) is 24.3 Å². The largest absolute Gasteiger partial charge is 0.347 e. The van der Waals surface area contributed by atoms with Crippen molar-refractivity contribution < 1.29 is 4.79 Å². The summed E-state index contributed by atoms with van der Waals surface area (Å²) in [6.45, 7) is 0.522. The molecule has 1 N–H and O–H groups in total. The molecule has 2 aromatic heterocycles. The monoisotopic (exact) mass is 289 g/mol. The molecule has 4 nitrogen and oxygen atoms in total. The maximum atomic E-state index is 12.5. The molecule has 2 heterocycles. The molecule has 3 rings (SSSR count). The third-order valence-electron chi connectivity index (χ3n) is 3.75. The average molecular weight is 289 g/mol. The summed E-state index contributed by atoms with van der Waals surface area (Å²) >= 11 is 1.68. The number of aromatic nitrogens is 2. The number of nitrogens with zero attached hydrogens (tertiary/aromatic N) is 2. The summed E-state index contributed by atoms with van der Waals surface area (Å²) in [5.74, 6) is 0.915. The van der Waals surface area contributed by atoms with Crippen LogP contribution >= 0.6 is 11.3 Å². The molecular formula is C15H19N3OS. The number of aromatic amines is 1. The van der Waals surface area contributed by atoms with E-state index >= 15 is 0 Å². The fraction of sp³-hybridized carbons (Fsp3) is 0.467. The predicted octanol–water partition coefficient (Wildman–Crippen LogP) is 3.01. The Hall–Kier alpha value is -1.62. The summed E-state index contributed by atoms with van der Waals surface area (Å²) in [5, 5.41) is 0. The quantitative estimate of drug-likeness (QED) is 0.883. The van der Waals surface area contributed by atoms with Gasteiger partial charge in [-0.2, -0.15) is 0 Å². The summed E-state index contributed by atoms with van der Waals surface area (Å²) in [7, 11) is 1.83. The van der Waals surface area contributed by atoms with Crippen molar-refractivity contribution in [3.05, 3.63) is 39.6 Å². The number of aryl methyl sites for hydroxylation is 2. The molecule has 0 saturated carbocycles. The van der Waals surface area contributed by atoms with Crippen LogP contribution in [0.3, 0.4) is 0 Å². The molecule has 0 fully saturated rings. The molecule has 2 aromatic rings. The van der Waals surface area contributed by atoms with Crippen molar-refractivity contribution in [2.24, 2.45) is 0 Å². The van der Waals surface area contributed by atoms with Crippen molar-refractivity contribution in [2.75, 3.05) is 7.05 Å². The minimum absolute atomic E-state index is 0.0967. The maximum absolute atomic E-state index is 12.5. The Morgan fingerprint density at radius 1 is 1.40 bits per heavy atom. The second kappa shape index (κ2) is 5.79. The van der Waals surface area contributed by atoms with E-state index in [1.807, 2.05) is 7.05 Å². The second-order valence-corrected chi connectivity index (χ2v) is 6.45. The molecule has 5 heteroatoms. The number of nitrogens with one attached hydrogen (secondary N) is 1. The van der Waals surface area contributed by atoms with Crippen LogP contribution in [0.4, 0.5) is 0 Å². The molecular weight excluding hydrogens is 270 g/mol. The number of imidazole rings is 1. The van der Waals surface area contributed by atoms with Gasteiger partial charge < -0.3 is 9.88 Å². The molecule has 0 bridgehead atoms. The van der Waals surface area contributed by atoms with Gasteiger partial charge in [-0.1, -0.05) is 6.42 Å². The smallest absolute Gasteiger partial charge is 0.264 e. The molecule has 0 aliphatic heterocycles. The number of hydrogen-bond donors (Lipinski definition) is 1. The molecule has 1 aliphatic carbocycles. The van der Waals surface area contributed by atoms with Crippen LogP contribution in [-0.4, -0.2) is 27.8 Å². The summed E-state index contributed by atoms with van der Waals surface area (Å²) in [6, 6.07) is 2.10. The zero-order valence-corrected chi connectivity index (χ0v) is 12.5. The molecule has 1 aliphatic rings. The van der Waals surface area contributed by atoms with E-state index in [0.717, 1.165) is 23.5 Å². The van der Waals surface area contributed by atoms with Crippen LogP contribution in [0.1, 0.15) is 45.2 Å². The van der Waals surface area contributed by atoms with Crippen LogP contribution in [0.15, 0.2) is 18.5 Å². The van der Waals surface area contributed by atoms with Crippen molar-refractivity contribution in [1.29, 1.82) is 0 Å². The number of rotatable bonds is 3.